The predicted octanol–water partition coefficient (Wildman–Crippen LogP) is 1.52. The van der Waals surface area contributed by atoms with Crippen molar-refractivity contribution in [2.45, 2.75) is 51.1 Å². The highest BCUT2D eigenvalue weighted by Crippen LogP contribution is 2.38. The summed E-state index contributed by atoms with van der Waals surface area (Å²) in [5.41, 5.74) is 0. The SMILES string of the molecule is CCN(Cc1noc(C2CC2)n1)C1CCNCC1. The summed E-state index contributed by atoms with van der Waals surface area (Å²) in [7, 11) is 0. The maximum atomic E-state index is 5.32. The van der Waals surface area contributed by atoms with Crippen LogP contribution in [0.15, 0.2) is 4.52 Å². The number of piperidine rings is 1. The monoisotopic (exact) mass is 250 g/mol. The Labute approximate surface area is 108 Å². The van der Waals surface area contributed by atoms with Gasteiger partial charge in [-0.05, 0) is 45.3 Å². The maximum absolute atomic E-state index is 5.32. The highest BCUT2D eigenvalue weighted by Gasteiger charge is 2.30. The lowest BCUT2D eigenvalue weighted by Gasteiger charge is -2.32. The normalized spacial score (nSPS) is 21.7. The molecule has 3 rings (SSSR count). The van der Waals surface area contributed by atoms with Crippen LogP contribution >= 0.6 is 0 Å². The van der Waals surface area contributed by atoms with E-state index in [0.29, 0.717) is 12.0 Å². The van der Waals surface area contributed by atoms with Gasteiger partial charge in [0.25, 0.3) is 0 Å². The molecule has 0 amide bonds. The van der Waals surface area contributed by atoms with E-state index in [1.54, 1.807) is 0 Å². The van der Waals surface area contributed by atoms with Crippen molar-refractivity contribution in [3.8, 4) is 0 Å². The Bertz CT molecular complexity index is 382. The molecule has 1 saturated heterocycles. The second-order valence-corrected chi connectivity index (χ2v) is 5.37. The van der Waals surface area contributed by atoms with Crippen LogP contribution in [-0.4, -0.2) is 40.7 Å². The lowest BCUT2D eigenvalue weighted by atomic mass is 10.0. The molecule has 0 radical (unpaired) electrons. The predicted molar refractivity (Wildman–Crippen MR) is 68.2 cm³/mol. The second-order valence-electron chi connectivity index (χ2n) is 5.37. The molecular weight excluding hydrogens is 228 g/mol. The van der Waals surface area contributed by atoms with E-state index in [0.717, 1.165) is 37.9 Å². The molecule has 0 atom stereocenters. The van der Waals surface area contributed by atoms with Crippen LogP contribution in [0.1, 0.15) is 50.2 Å². The van der Waals surface area contributed by atoms with Crippen molar-refractivity contribution in [3.05, 3.63) is 11.7 Å². The Kier molecular flexibility index (Phi) is 3.61. The summed E-state index contributed by atoms with van der Waals surface area (Å²) in [6.07, 6.45) is 4.88. The largest absolute Gasteiger partial charge is 0.339 e. The molecule has 1 aromatic rings. The van der Waals surface area contributed by atoms with Crippen LogP contribution in [-0.2, 0) is 6.54 Å². The molecule has 1 aliphatic carbocycles. The minimum Gasteiger partial charge on any atom is -0.339 e. The number of nitrogens with one attached hydrogen (secondary N) is 1. The molecule has 1 saturated carbocycles. The third-order valence-electron chi connectivity index (χ3n) is 3.99. The van der Waals surface area contributed by atoms with Crippen LogP contribution < -0.4 is 5.32 Å². The summed E-state index contributed by atoms with van der Waals surface area (Å²) < 4.78 is 5.32. The van der Waals surface area contributed by atoms with Crippen molar-refractivity contribution in [3.63, 3.8) is 0 Å². The van der Waals surface area contributed by atoms with Crippen molar-refractivity contribution in [1.29, 1.82) is 0 Å². The Hall–Kier alpha value is -0.940. The molecule has 1 aromatic heterocycles. The van der Waals surface area contributed by atoms with E-state index in [2.05, 4.69) is 27.3 Å². The number of rotatable bonds is 5. The fraction of sp³-hybridized carbons (Fsp3) is 0.846. The molecule has 5 nitrogen and oxygen atoms in total. The average Bonchev–Trinajstić information content (AvgIpc) is 3.17. The highest BCUT2D eigenvalue weighted by molar-refractivity contribution is 5.01. The maximum Gasteiger partial charge on any atom is 0.229 e. The molecule has 5 heteroatoms. The van der Waals surface area contributed by atoms with E-state index >= 15 is 0 Å². The van der Waals surface area contributed by atoms with Gasteiger partial charge in [0, 0.05) is 12.0 Å². The lowest BCUT2D eigenvalue weighted by Crippen LogP contribution is -2.42. The van der Waals surface area contributed by atoms with Crippen LogP contribution in [0.5, 0.6) is 0 Å². The molecule has 100 valence electrons. The molecule has 2 heterocycles. The minimum atomic E-state index is 0.556. The Balaban J connectivity index is 1.60. The topological polar surface area (TPSA) is 54.2 Å². The van der Waals surface area contributed by atoms with Crippen LogP contribution in [0.25, 0.3) is 0 Å². The number of hydrogen-bond donors (Lipinski definition) is 1. The molecule has 0 aromatic carbocycles. The molecule has 2 aliphatic rings. The Morgan fingerprint density at radius 2 is 2.06 bits per heavy atom. The molecule has 1 N–H and O–H groups in total. The van der Waals surface area contributed by atoms with E-state index in [1.165, 1.54) is 25.7 Å². The Morgan fingerprint density at radius 1 is 1.28 bits per heavy atom. The van der Waals surface area contributed by atoms with Gasteiger partial charge < -0.3 is 9.84 Å². The van der Waals surface area contributed by atoms with E-state index in [-0.39, 0.29) is 0 Å². The molecule has 0 spiro atoms. The smallest absolute Gasteiger partial charge is 0.229 e. The lowest BCUT2D eigenvalue weighted by molar-refractivity contribution is 0.157. The highest BCUT2D eigenvalue weighted by atomic mass is 16.5. The van der Waals surface area contributed by atoms with Crippen molar-refractivity contribution in [1.82, 2.24) is 20.4 Å². The van der Waals surface area contributed by atoms with Gasteiger partial charge in [-0.3, -0.25) is 4.90 Å². The summed E-state index contributed by atoms with van der Waals surface area (Å²) in [5.74, 6) is 2.27. The van der Waals surface area contributed by atoms with Crippen molar-refractivity contribution in [2.75, 3.05) is 19.6 Å². The van der Waals surface area contributed by atoms with Crippen LogP contribution in [0, 0.1) is 0 Å². The standard InChI is InChI=1S/C13H22N4O/c1-2-17(11-5-7-14-8-6-11)9-12-15-13(18-16-12)10-3-4-10/h10-11,14H,2-9H2,1H3. The van der Waals surface area contributed by atoms with E-state index < -0.39 is 0 Å². The van der Waals surface area contributed by atoms with Crippen LogP contribution in [0.4, 0.5) is 0 Å². The molecule has 0 unspecified atom stereocenters. The van der Waals surface area contributed by atoms with Gasteiger partial charge in [0.05, 0.1) is 6.54 Å². The first kappa shape index (κ1) is 12.1. The summed E-state index contributed by atoms with van der Waals surface area (Å²) in [4.78, 5) is 6.99. The Morgan fingerprint density at radius 3 is 2.72 bits per heavy atom. The fourth-order valence-corrected chi connectivity index (χ4v) is 2.68. The zero-order chi connectivity index (χ0) is 12.4. The first-order valence-electron chi connectivity index (χ1n) is 7.14. The number of aromatic nitrogens is 2. The fourth-order valence-electron chi connectivity index (χ4n) is 2.68. The van der Waals surface area contributed by atoms with E-state index in [1.807, 2.05) is 0 Å². The van der Waals surface area contributed by atoms with E-state index in [9.17, 15) is 0 Å². The molecule has 2 fully saturated rings. The van der Waals surface area contributed by atoms with Crippen LogP contribution in [0.2, 0.25) is 0 Å². The zero-order valence-electron chi connectivity index (χ0n) is 11.1. The molecule has 0 bridgehead atoms. The van der Waals surface area contributed by atoms with Gasteiger partial charge in [-0.15, -0.1) is 0 Å². The van der Waals surface area contributed by atoms with Gasteiger partial charge in [0.15, 0.2) is 5.82 Å². The van der Waals surface area contributed by atoms with Gasteiger partial charge >= 0.3 is 0 Å². The first-order valence-corrected chi connectivity index (χ1v) is 7.14. The minimum absolute atomic E-state index is 0.556. The van der Waals surface area contributed by atoms with Crippen molar-refractivity contribution >= 4 is 0 Å². The first-order chi connectivity index (χ1) is 8.86. The number of nitrogens with zero attached hydrogens (tertiary/aromatic N) is 3. The zero-order valence-corrected chi connectivity index (χ0v) is 11.1. The third kappa shape index (κ3) is 2.72. The van der Waals surface area contributed by atoms with Gasteiger partial charge in [0.1, 0.15) is 0 Å². The van der Waals surface area contributed by atoms with E-state index in [4.69, 9.17) is 4.52 Å². The summed E-state index contributed by atoms with van der Waals surface area (Å²) in [6.45, 7) is 6.35. The average molecular weight is 250 g/mol. The van der Waals surface area contributed by atoms with Crippen molar-refractivity contribution in [2.24, 2.45) is 0 Å². The van der Waals surface area contributed by atoms with Gasteiger partial charge in [0.2, 0.25) is 5.89 Å². The van der Waals surface area contributed by atoms with Crippen LogP contribution in [0.3, 0.4) is 0 Å². The van der Waals surface area contributed by atoms with Crippen molar-refractivity contribution < 1.29 is 4.52 Å². The third-order valence-corrected chi connectivity index (χ3v) is 3.99. The molecular formula is C13H22N4O. The molecule has 1 aliphatic heterocycles. The molecule has 18 heavy (non-hydrogen) atoms. The van der Waals surface area contributed by atoms with Gasteiger partial charge in [-0.2, -0.15) is 4.98 Å². The quantitative estimate of drug-likeness (QED) is 0.858. The second kappa shape index (κ2) is 5.36. The van der Waals surface area contributed by atoms with Gasteiger partial charge in [-0.25, -0.2) is 0 Å². The number of hydrogen-bond acceptors (Lipinski definition) is 5. The summed E-state index contributed by atoms with van der Waals surface area (Å²) in [5, 5.41) is 7.53. The summed E-state index contributed by atoms with van der Waals surface area (Å²) in [6, 6.07) is 0.666. The summed E-state index contributed by atoms with van der Waals surface area (Å²) >= 11 is 0. The van der Waals surface area contributed by atoms with Gasteiger partial charge in [-0.1, -0.05) is 12.1 Å².